The third kappa shape index (κ3) is 3.71. The Bertz CT molecular complexity index is 548. The number of aryl methyl sites for hydroxylation is 1. The van der Waals surface area contributed by atoms with E-state index in [9.17, 15) is 9.59 Å². The van der Waals surface area contributed by atoms with Crippen molar-refractivity contribution < 1.29 is 9.53 Å². The maximum Gasteiger partial charge on any atom is 0.263 e. The van der Waals surface area contributed by atoms with E-state index >= 15 is 0 Å². The number of rotatable bonds is 5. The minimum absolute atomic E-state index is 0.165. The molecule has 1 fully saturated rings. The summed E-state index contributed by atoms with van der Waals surface area (Å²) in [7, 11) is 1.64. The number of methoxy groups -OCH3 is 1. The Hall–Kier alpha value is -1.66. The molecule has 1 saturated heterocycles. The van der Waals surface area contributed by atoms with Gasteiger partial charge in [-0.1, -0.05) is 0 Å². The van der Waals surface area contributed by atoms with Gasteiger partial charge in [-0.3, -0.25) is 9.59 Å². The van der Waals surface area contributed by atoms with Crippen LogP contribution in [0.5, 0.6) is 0 Å². The van der Waals surface area contributed by atoms with E-state index in [0.29, 0.717) is 26.2 Å². The van der Waals surface area contributed by atoms with E-state index in [1.807, 2.05) is 13.0 Å². The lowest BCUT2D eigenvalue weighted by Gasteiger charge is -2.27. The van der Waals surface area contributed by atoms with Crippen molar-refractivity contribution in [3.63, 3.8) is 0 Å². The lowest BCUT2D eigenvalue weighted by molar-refractivity contribution is 0.0733. The zero-order chi connectivity index (χ0) is 15.2. The standard InChI is InChI=1S/C15H23N3O3/c1-12-4-5-13(14(19)17-9-6-16-7-10-17)15(20)18(12)8-3-11-21-2/h4-5,16H,3,6-11H2,1-2H3. The van der Waals surface area contributed by atoms with E-state index in [4.69, 9.17) is 4.74 Å². The number of nitrogens with zero attached hydrogens (tertiary/aromatic N) is 2. The minimum Gasteiger partial charge on any atom is -0.385 e. The molecule has 21 heavy (non-hydrogen) atoms. The van der Waals surface area contributed by atoms with Crippen LogP contribution in [0, 0.1) is 6.92 Å². The Morgan fingerprint density at radius 2 is 2.05 bits per heavy atom. The second-order valence-electron chi connectivity index (χ2n) is 5.23. The molecule has 1 aliphatic rings. The molecule has 0 unspecified atom stereocenters. The summed E-state index contributed by atoms with van der Waals surface area (Å²) in [5.74, 6) is -0.165. The fourth-order valence-electron chi connectivity index (χ4n) is 2.52. The van der Waals surface area contributed by atoms with Crippen molar-refractivity contribution in [1.82, 2.24) is 14.8 Å². The third-order valence-corrected chi connectivity index (χ3v) is 3.76. The Labute approximate surface area is 124 Å². The van der Waals surface area contributed by atoms with Crippen LogP contribution in [0.3, 0.4) is 0 Å². The first kappa shape index (κ1) is 15.7. The first-order valence-electron chi connectivity index (χ1n) is 7.34. The molecule has 2 rings (SSSR count). The maximum absolute atomic E-state index is 12.5. The van der Waals surface area contributed by atoms with Crippen molar-refractivity contribution in [3.8, 4) is 0 Å². The number of hydrogen-bond donors (Lipinski definition) is 1. The lowest BCUT2D eigenvalue weighted by atomic mass is 10.2. The number of piperazine rings is 1. The zero-order valence-corrected chi connectivity index (χ0v) is 12.7. The van der Waals surface area contributed by atoms with Gasteiger partial charge in [0.25, 0.3) is 11.5 Å². The average molecular weight is 293 g/mol. The highest BCUT2D eigenvalue weighted by molar-refractivity contribution is 5.94. The molecule has 0 spiro atoms. The number of hydrogen-bond acceptors (Lipinski definition) is 4. The molecule has 6 heteroatoms. The van der Waals surface area contributed by atoms with E-state index in [1.165, 1.54) is 0 Å². The Morgan fingerprint density at radius 3 is 2.71 bits per heavy atom. The molecule has 1 aromatic heterocycles. The van der Waals surface area contributed by atoms with Crippen molar-refractivity contribution in [3.05, 3.63) is 33.7 Å². The van der Waals surface area contributed by atoms with Gasteiger partial charge in [-0.2, -0.15) is 0 Å². The maximum atomic E-state index is 12.5. The summed E-state index contributed by atoms with van der Waals surface area (Å²) < 4.78 is 6.68. The molecule has 1 aromatic rings. The monoisotopic (exact) mass is 293 g/mol. The number of carbonyl (C=O) groups excluding carboxylic acids is 1. The molecule has 0 atom stereocenters. The van der Waals surface area contributed by atoms with Crippen molar-refractivity contribution in [2.75, 3.05) is 39.9 Å². The molecule has 0 radical (unpaired) electrons. The van der Waals surface area contributed by atoms with Crippen LogP contribution in [0.2, 0.25) is 0 Å². The molecule has 0 aromatic carbocycles. The van der Waals surface area contributed by atoms with Crippen LogP contribution in [0.15, 0.2) is 16.9 Å². The van der Waals surface area contributed by atoms with Crippen LogP contribution in [-0.2, 0) is 11.3 Å². The Kier molecular flexibility index (Phi) is 5.52. The Morgan fingerprint density at radius 1 is 1.33 bits per heavy atom. The minimum atomic E-state index is -0.199. The van der Waals surface area contributed by atoms with E-state index < -0.39 is 0 Å². The smallest absolute Gasteiger partial charge is 0.263 e. The molecule has 116 valence electrons. The number of amides is 1. The summed E-state index contributed by atoms with van der Waals surface area (Å²) in [6.07, 6.45) is 0.753. The lowest BCUT2D eigenvalue weighted by Crippen LogP contribution is -2.48. The van der Waals surface area contributed by atoms with E-state index in [1.54, 1.807) is 22.6 Å². The van der Waals surface area contributed by atoms with Gasteiger partial charge in [0.1, 0.15) is 5.56 Å². The normalized spacial score (nSPS) is 15.2. The molecule has 0 saturated carbocycles. The number of carbonyl (C=O) groups is 1. The Balaban J connectivity index is 2.21. The van der Waals surface area contributed by atoms with E-state index in [-0.39, 0.29) is 17.0 Å². The molecule has 1 amide bonds. The van der Waals surface area contributed by atoms with Gasteiger partial charge < -0.3 is 19.5 Å². The van der Waals surface area contributed by atoms with Gasteiger partial charge in [0.05, 0.1) is 0 Å². The van der Waals surface area contributed by atoms with Gasteiger partial charge in [-0.25, -0.2) is 0 Å². The molecule has 6 nitrogen and oxygen atoms in total. The van der Waals surface area contributed by atoms with Crippen LogP contribution < -0.4 is 10.9 Å². The highest BCUT2D eigenvalue weighted by Crippen LogP contribution is 2.05. The van der Waals surface area contributed by atoms with Gasteiger partial charge in [0.2, 0.25) is 0 Å². The van der Waals surface area contributed by atoms with Crippen LogP contribution in [0.25, 0.3) is 0 Å². The van der Waals surface area contributed by atoms with Crippen molar-refractivity contribution in [2.45, 2.75) is 19.9 Å². The summed E-state index contributed by atoms with van der Waals surface area (Å²) in [4.78, 5) is 26.7. The quantitative estimate of drug-likeness (QED) is 0.790. The predicted octanol–water partition coefficient (Wildman–Crippen LogP) is 0.239. The van der Waals surface area contributed by atoms with Gasteiger partial charge in [-0.05, 0) is 25.5 Å². The second-order valence-corrected chi connectivity index (χ2v) is 5.23. The average Bonchev–Trinajstić information content (AvgIpc) is 2.51. The van der Waals surface area contributed by atoms with Crippen LogP contribution in [-0.4, -0.2) is 55.3 Å². The van der Waals surface area contributed by atoms with E-state index in [0.717, 1.165) is 25.2 Å². The SMILES string of the molecule is COCCCn1c(C)ccc(C(=O)N2CCNCC2)c1=O. The van der Waals surface area contributed by atoms with Crippen LogP contribution in [0.1, 0.15) is 22.5 Å². The van der Waals surface area contributed by atoms with Gasteiger partial charge in [-0.15, -0.1) is 0 Å². The number of ether oxygens (including phenoxy) is 1. The molecule has 1 N–H and O–H groups in total. The first-order chi connectivity index (χ1) is 10.1. The first-order valence-corrected chi connectivity index (χ1v) is 7.34. The van der Waals surface area contributed by atoms with Gasteiger partial charge >= 0.3 is 0 Å². The highest BCUT2D eigenvalue weighted by Gasteiger charge is 2.21. The summed E-state index contributed by atoms with van der Waals surface area (Å²) in [5.41, 5.74) is 0.933. The molecular formula is C15H23N3O3. The summed E-state index contributed by atoms with van der Waals surface area (Å²) >= 11 is 0. The summed E-state index contributed by atoms with van der Waals surface area (Å²) in [6.45, 7) is 5.90. The fourth-order valence-corrected chi connectivity index (χ4v) is 2.52. The molecular weight excluding hydrogens is 270 g/mol. The largest absolute Gasteiger partial charge is 0.385 e. The van der Waals surface area contributed by atoms with E-state index in [2.05, 4.69) is 5.32 Å². The van der Waals surface area contributed by atoms with Gasteiger partial charge in [0, 0.05) is 52.1 Å². The zero-order valence-electron chi connectivity index (χ0n) is 12.7. The third-order valence-electron chi connectivity index (χ3n) is 3.76. The summed E-state index contributed by atoms with van der Waals surface area (Å²) in [6, 6.07) is 3.48. The van der Waals surface area contributed by atoms with Gasteiger partial charge in [0.15, 0.2) is 0 Å². The predicted molar refractivity (Wildman–Crippen MR) is 80.7 cm³/mol. The van der Waals surface area contributed by atoms with Crippen molar-refractivity contribution >= 4 is 5.91 Å². The fraction of sp³-hybridized carbons (Fsp3) is 0.600. The van der Waals surface area contributed by atoms with Crippen molar-refractivity contribution in [1.29, 1.82) is 0 Å². The van der Waals surface area contributed by atoms with Crippen LogP contribution >= 0.6 is 0 Å². The van der Waals surface area contributed by atoms with Crippen molar-refractivity contribution in [2.24, 2.45) is 0 Å². The number of nitrogens with one attached hydrogen (secondary N) is 1. The molecule has 0 aliphatic carbocycles. The number of pyridine rings is 1. The second kappa shape index (κ2) is 7.38. The molecule has 1 aliphatic heterocycles. The summed E-state index contributed by atoms with van der Waals surface area (Å²) in [5, 5.41) is 3.20. The number of aromatic nitrogens is 1. The molecule has 0 bridgehead atoms. The molecule has 2 heterocycles. The topological polar surface area (TPSA) is 63.6 Å². The van der Waals surface area contributed by atoms with Crippen LogP contribution in [0.4, 0.5) is 0 Å². The highest BCUT2D eigenvalue weighted by atomic mass is 16.5.